The number of carboxylic acids is 1. The molecule has 6 nitrogen and oxygen atoms in total. The maximum absolute atomic E-state index is 15.1. The number of carboxylic acid groups (broad SMARTS) is 1. The van der Waals surface area contributed by atoms with E-state index in [1.54, 1.807) is 13.1 Å². The first kappa shape index (κ1) is 16.7. The quantitative estimate of drug-likeness (QED) is 0.567. The molecule has 1 aliphatic rings. The normalized spacial score (nSPS) is 14.1. The molecule has 0 unspecified atom stereocenters. The van der Waals surface area contributed by atoms with E-state index in [9.17, 15) is 14.7 Å². The van der Waals surface area contributed by atoms with Gasteiger partial charge in [0.2, 0.25) is 0 Å². The summed E-state index contributed by atoms with van der Waals surface area (Å²) in [5.41, 5.74) is 2.91. The van der Waals surface area contributed by atoms with Gasteiger partial charge in [0.25, 0.3) is 5.56 Å². The van der Waals surface area contributed by atoms with Gasteiger partial charge < -0.3 is 5.11 Å². The largest absolute Gasteiger partial charge is 0.477 e. The lowest BCUT2D eigenvalue weighted by atomic mass is 9.95. The van der Waals surface area contributed by atoms with Crippen LogP contribution >= 0.6 is 0 Å². The van der Waals surface area contributed by atoms with Crippen LogP contribution in [0.15, 0.2) is 41.5 Å². The van der Waals surface area contributed by atoms with E-state index >= 15 is 4.39 Å². The molecule has 0 aliphatic heterocycles. The average molecular weight is 377 g/mol. The monoisotopic (exact) mass is 377 g/mol. The molecule has 1 aliphatic carbocycles. The van der Waals surface area contributed by atoms with E-state index in [1.165, 1.54) is 6.07 Å². The fourth-order valence-electron chi connectivity index (χ4n) is 3.96. The highest BCUT2D eigenvalue weighted by atomic mass is 19.1. The van der Waals surface area contributed by atoms with Crippen LogP contribution in [0, 0.1) is 12.7 Å². The summed E-state index contributed by atoms with van der Waals surface area (Å²) in [4.78, 5) is 24.2. The standard InChI is InChI=1S/C21H16FN3O3/c1-10-18(12-4-5-17-13(6-12)8-23-24-17)16(22)9-25-19(10)14(11-2-3-11)7-15(20(25)26)21(27)28/h4-9,11H,2-3H2,1H3,(H,23,24)(H,27,28). The molecule has 1 fully saturated rings. The van der Waals surface area contributed by atoms with Crippen molar-refractivity contribution in [2.45, 2.75) is 25.7 Å². The maximum Gasteiger partial charge on any atom is 0.341 e. The lowest BCUT2D eigenvalue weighted by Gasteiger charge is -2.16. The van der Waals surface area contributed by atoms with Crippen molar-refractivity contribution in [2.24, 2.45) is 0 Å². The average Bonchev–Trinajstić information content (AvgIpc) is 3.39. The SMILES string of the molecule is Cc1c(-c2ccc3[nH]ncc3c2)c(F)cn2c(=O)c(C(=O)O)cc(C3CC3)c12. The van der Waals surface area contributed by atoms with Gasteiger partial charge in [-0.15, -0.1) is 0 Å². The first-order valence-electron chi connectivity index (χ1n) is 9.01. The molecule has 0 radical (unpaired) electrons. The molecule has 0 saturated heterocycles. The highest BCUT2D eigenvalue weighted by molar-refractivity contribution is 5.90. The van der Waals surface area contributed by atoms with Gasteiger partial charge in [0, 0.05) is 17.1 Å². The lowest BCUT2D eigenvalue weighted by molar-refractivity contribution is 0.0694. The number of hydrogen-bond donors (Lipinski definition) is 2. The number of halogens is 1. The fourth-order valence-corrected chi connectivity index (χ4v) is 3.96. The number of aromatic carboxylic acids is 1. The van der Waals surface area contributed by atoms with Crippen molar-refractivity contribution in [3.05, 3.63) is 69.5 Å². The molecule has 0 spiro atoms. The van der Waals surface area contributed by atoms with Gasteiger partial charge in [-0.1, -0.05) is 6.07 Å². The van der Waals surface area contributed by atoms with Crippen LogP contribution in [-0.2, 0) is 0 Å². The minimum atomic E-state index is -1.30. The Morgan fingerprint density at radius 3 is 2.82 bits per heavy atom. The van der Waals surface area contributed by atoms with Gasteiger partial charge in [-0.2, -0.15) is 5.10 Å². The minimum absolute atomic E-state index is 0.196. The number of aromatic amines is 1. The Balaban J connectivity index is 1.87. The Labute approximate surface area is 158 Å². The Kier molecular flexibility index (Phi) is 3.43. The van der Waals surface area contributed by atoms with Crippen molar-refractivity contribution in [2.75, 3.05) is 0 Å². The molecule has 3 heterocycles. The molecular weight excluding hydrogens is 361 g/mol. The molecule has 5 rings (SSSR count). The molecule has 3 aromatic heterocycles. The van der Waals surface area contributed by atoms with Crippen LogP contribution in [-0.4, -0.2) is 25.7 Å². The van der Waals surface area contributed by atoms with Gasteiger partial charge in [0.05, 0.1) is 17.2 Å². The van der Waals surface area contributed by atoms with Crippen molar-refractivity contribution < 1.29 is 14.3 Å². The number of benzene rings is 1. The summed E-state index contributed by atoms with van der Waals surface area (Å²) >= 11 is 0. The Morgan fingerprint density at radius 2 is 2.11 bits per heavy atom. The molecule has 140 valence electrons. The predicted molar refractivity (Wildman–Crippen MR) is 102 cm³/mol. The van der Waals surface area contributed by atoms with Gasteiger partial charge in [0.15, 0.2) is 0 Å². The Bertz CT molecular complexity index is 1350. The minimum Gasteiger partial charge on any atom is -0.477 e. The smallest absolute Gasteiger partial charge is 0.341 e. The summed E-state index contributed by atoms with van der Waals surface area (Å²) < 4.78 is 16.3. The van der Waals surface area contributed by atoms with Crippen molar-refractivity contribution in [1.82, 2.24) is 14.6 Å². The summed E-state index contributed by atoms with van der Waals surface area (Å²) in [6.45, 7) is 1.78. The van der Waals surface area contributed by atoms with E-state index < -0.39 is 17.3 Å². The Morgan fingerprint density at radius 1 is 1.32 bits per heavy atom. The van der Waals surface area contributed by atoms with Crippen LogP contribution in [0.5, 0.6) is 0 Å². The fraction of sp³-hybridized carbons (Fsp3) is 0.190. The first-order chi connectivity index (χ1) is 13.5. The van der Waals surface area contributed by atoms with Crippen molar-refractivity contribution in [3.8, 4) is 11.1 Å². The van der Waals surface area contributed by atoms with Crippen LogP contribution < -0.4 is 5.56 Å². The highest BCUT2D eigenvalue weighted by Crippen LogP contribution is 2.44. The zero-order valence-corrected chi connectivity index (χ0v) is 15.0. The van der Waals surface area contributed by atoms with Crippen molar-refractivity contribution in [1.29, 1.82) is 0 Å². The number of hydrogen-bond acceptors (Lipinski definition) is 3. The van der Waals surface area contributed by atoms with E-state index in [1.807, 2.05) is 18.2 Å². The van der Waals surface area contributed by atoms with Crippen molar-refractivity contribution >= 4 is 22.4 Å². The van der Waals surface area contributed by atoms with Gasteiger partial charge >= 0.3 is 5.97 Å². The van der Waals surface area contributed by atoms with E-state index in [2.05, 4.69) is 10.2 Å². The number of nitrogens with zero attached hydrogens (tertiary/aromatic N) is 2. The van der Waals surface area contributed by atoms with Gasteiger partial charge in [-0.25, -0.2) is 9.18 Å². The molecular formula is C21H16FN3O3. The van der Waals surface area contributed by atoms with Gasteiger partial charge in [-0.05, 0) is 60.6 Å². The highest BCUT2D eigenvalue weighted by Gasteiger charge is 2.30. The number of pyridine rings is 2. The third-order valence-corrected chi connectivity index (χ3v) is 5.45. The molecule has 1 saturated carbocycles. The number of H-pyrrole nitrogens is 1. The second-order valence-electron chi connectivity index (χ2n) is 7.27. The summed E-state index contributed by atoms with van der Waals surface area (Å²) in [5, 5.41) is 17.1. The Hall–Kier alpha value is -3.48. The van der Waals surface area contributed by atoms with E-state index in [4.69, 9.17) is 0 Å². The third-order valence-electron chi connectivity index (χ3n) is 5.45. The molecule has 28 heavy (non-hydrogen) atoms. The molecule has 1 aromatic carbocycles. The number of carbonyl (C=O) groups is 1. The van der Waals surface area contributed by atoms with Crippen LogP contribution in [0.2, 0.25) is 0 Å². The summed E-state index contributed by atoms with van der Waals surface area (Å²) in [5.74, 6) is -1.67. The number of aromatic nitrogens is 3. The van der Waals surface area contributed by atoms with Crippen LogP contribution in [0.25, 0.3) is 27.5 Å². The molecule has 4 aromatic rings. The second kappa shape index (κ2) is 5.76. The topological polar surface area (TPSA) is 87.5 Å². The van der Waals surface area contributed by atoms with E-state index in [0.29, 0.717) is 22.2 Å². The number of fused-ring (bicyclic) bond motifs is 2. The summed E-state index contributed by atoms with van der Waals surface area (Å²) in [7, 11) is 0. The van der Waals surface area contributed by atoms with Crippen molar-refractivity contribution in [3.63, 3.8) is 0 Å². The summed E-state index contributed by atoms with van der Waals surface area (Å²) in [6, 6.07) is 6.96. The van der Waals surface area contributed by atoms with E-state index in [0.717, 1.165) is 39.9 Å². The first-order valence-corrected chi connectivity index (χ1v) is 9.01. The zero-order valence-electron chi connectivity index (χ0n) is 15.0. The van der Waals surface area contributed by atoms with Gasteiger partial charge in [-0.3, -0.25) is 14.3 Å². The second-order valence-corrected chi connectivity index (χ2v) is 7.27. The number of rotatable bonds is 3. The van der Waals surface area contributed by atoms with Crippen LogP contribution in [0.3, 0.4) is 0 Å². The lowest BCUT2D eigenvalue weighted by Crippen LogP contribution is -2.24. The van der Waals surface area contributed by atoms with E-state index in [-0.39, 0.29) is 11.5 Å². The molecule has 2 N–H and O–H groups in total. The van der Waals surface area contributed by atoms with Gasteiger partial charge in [0.1, 0.15) is 11.4 Å². The van der Waals surface area contributed by atoms with Crippen LogP contribution in [0.1, 0.15) is 40.2 Å². The predicted octanol–water partition coefficient (Wildman–Crippen LogP) is 3.87. The maximum atomic E-state index is 15.1. The molecule has 0 amide bonds. The molecule has 0 atom stereocenters. The summed E-state index contributed by atoms with van der Waals surface area (Å²) in [6.07, 6.45) is 4.64. The third kappa shape index (κ3) is 2.36. The van der Waals surface area contributed by atoms with Crippen LogP contribution in [0.4, 0.5) is 4.39 Å². The molecule has 0 bridgehead atoms. The zero-order chi connectivity index (χ0) is 19.6. The number of nitrogens with one attached hydrogen (secondary N) is 1. The molecule has 7 heteroatoms. The number of aryl methyl sites for hydroxylation is 1.